The lowest BCUT2D eigenvalue weighted by Gasteiger charge is -2.07. The van der Waals surface area contributed by atoms with Crippen LogP contribution < -0.4 is 0 Å². The van der Waals surface area contributed by atoms with Crippen LogP contribution in [0.2, 0.25) is 0 Å². The van der Waals surface area contributed by atoms with Gasteiger partial charge in [-0.05, 0) is 12.5 Å². The van der Waals surface area contributed by atoms with Crippen molar-refractivity contribution in [3.8, 4) is 0 Å². The fourth-order valence-corrected chi connectivity index (χ4v) is 1.78. The van der Waals surface area contributed by atoms with Crippen LogP contribution in [0.3, 0.4) is 0 Å². The number of rotatable bonds is 2. The van der Waals surface area contributed by atoms with Crippen LogP contribution in [-0.4, -0.2) is 11.8 Å². The first kappa shape index (κ1) is 9.90. The first-order chi connectivity index (χ1) is 7.18. The van der Waals surface area contributed by atoms with E-state index in [1.165, 1.54) is 6.92 Å². The maximum atomic E-state index is 11.4. The van der Waals surface area contributed by atoms with E-state index in [2.05, 4.69) is 0 Å². The topological polar surface area (TPSA) is 43.4 Å². The van der Waals surface area contributed by atoms with E-state index in [1.807, 2.05) is 30.3 Å². The lowest BCUT2D eigenvalue weighted by molar-refractivity contribution is -0.146. The summed E-state index contributed by atoms with van der Waals surface area (Å²) in [6.45, 7) is 1.43. The van der Waals surface area contributed by atoms with Gasteiger partial charge in [0.1, 0.15) is 17.8 Å². The Morgan fingerprint density at radius 1 is 1.33 bits per heavy atom. The van der Waals surface area contributed by atoms with E-state index in [1.54, 1.807) is 0 Å². The molecule has 1 aromatic rings. The number of hydrogen-bond acceptors (Lipinski definition) is 3. The van der Waals surface area contributed by atoms with Crippen molar-refractivity contribution in [1.82, 2.24) is 0 Å². The Kier molecular flexibility index (Phi) is 2.54. The first-order valence-corrected chi connectivity index (χ1v) is 4.94. The zero-order chi connectivity index (χ0) is 10.8. The van der Waals surface area contributed by atoms with E-state index >= 15 is 0 Å². The number of esters is 1. The van der Waals surface area contributed by atoms with Crippen LogP contribution in [0.4, 0.5) is 0 Å². The van der Waals surface area contributed by atoms with Gasteiger partial charge in [-0.2, -0.15) is 0 Å². The van der Waals surface area contributed by atoms with Gasteiger partial charge in [0, 0.05) is 6.42 Å². The van der Waals surface area contributed by atoms with Crippen molar-refractivity contribution in [2.24, 2.45) is 5.92 Å². The molecular weight excluding hydrogens is 192 g/mol. The minimum Gasteiger partial charge on any atom is -0.457 e. The Bertz CT molecular complexity index is 383. The molecular formula is C12H12O3. The summed E-state index contributed by atoms with van der Waals surface area (Å²) in [5.41, 5.74) is 0.953. The third-order valence-electron chi connectivity index (χ3n) is 2.65. The van der Waals surface area contributed by atoms with Crippen molar-refractivity contribution < 1.29 is 14.3 Å². The van der Waals surface area contributed by atoms with Crippen molar-refractivity contribution in [2.75, 3.05) is 0 Å². The second-order valence-electron chi connectivity index (χ2n) is 3.74. The predicted octanol–water partition coefficient (Wildman–Crippen LogP) is 1.88. The highest BCUT2D eigenvalue weighted by atomic mass is 16.6. The maximum Gasteiger partial charge on any atom is 0.317 e. The average Bonchev–Trinajstić information content (AvgIpc) is 2.62. The minimum absolute atomic E-state index is 0.113. The Hall–Kier alpha value is -1.64. The fraction of sp³-hybridized carbons (Fsp3) is 0.333. The summed E-state index contributed by atoms with van der Waals surface area (Å²) in [5, 5.41) is 0. The van der Waals surface area contributed by atoms with Gasteiger partial charge in [-0.25, -0.2) is 0 Å². The van der Waals surface area contributed by atoms with Crippen LogP contribution >= 0.6 is 0 Å². The number of carbonyl (C=O) groups excluding carboxylic acids is 2. The van der Waals surface area contributed by atoms with E-state index in [9.17, 15) is 9.59 Å². The summed E-state index contributed by atoms with van der Waals surface area (Å²) in [6, 6.07) is 9.50. The van der Waals surface area contributed by atoms with Gasteiger partial charge in [-0.15, -0.1) is 0 Å². The molecule has 1 saturated heterocycles. The molecule has 78 valence electrons. The second kappa shape index (κ2) is 3.85. The van der Waals surface area contributed by atoms with Crippen LogP contribution in [0.5, 0.6) is 0 Å². The van der Waals surface area contributed by atoms with Crippen molar-refractivity contribution >= 4 is 11.8 Å². The molecule has 15 heavy (non-hydrogen) atoms. The molecule has 2 atom stereocenters. The highest BCUT2D eigenvalue weighted by Gasteiger charge is 2.37. The summed E-state index contributed by atoms with van der Waals surface area (Å²) < 4.78 is 5.16. The number of ketones is 1. The van der Waals surface area contributed by atoms with Gasteiger partial charge in [-0.3, -0.25) is 9.59 Å². The van der Waals surface area contributed by atoms with E-state index in [0.29, 0.717) is 6.42 Å². The molecule has 0 radical (unpaired) electrons. The van der Waals surface area contributed by atoms with Gasteiger partial charge in [0.2, 0.25) is 0 Å². The van der Waals surface area contributed by atoms with E-state index in [-0.39, 0.29) is 11.9 Å². The van der Waals surface area contributed by atoms with Gasteiger partial charge in [-0.1, -0.05) is 30.3 Å². The van der Waals surface area contributed by atoms with Gasteiger partial charge in [0.05, 0.1) is 0 Å². The monoisotopic (exact) mass is 204 g/mol. The largest absolute Gasteiger partial charge is 0.457 e. The number of hydrogen-bond donors (Lipinski definition) is 0. The van der Waals surface area contributed by atoms with Gasteiger partial charge in [0.15, 0.2) is 0 Å². The molecule has 0 amide bonds. The van der Waals surface area contributed by atoms with Crippen molar-refractivity contribution in [3.63, 3.8) is 0 Å². The second-order valence-corrected chi connectivity index (χ2v) is 3.74. The molecule has 1 aromatic carbocycles. The van der Waals surface area contributed by atoms with E-state index < -0.39 is 11.9 Å². The zero-order valence-electron chi connectivity index (χ0n) is 8.47. The highest BCUT2D eigenvalue weighted by Crippen LogP contribution is 2.33. The lowest BCUT2D eigenvalue weighted by atomic mass is 9.97. The number of benzene rings is 1. The molecule has 0 unspecified atom stereocenters. The molecule has 0 N–H and O–H groups in total. The summed E-state index contributed by atoms with van der Waals surface area (Å²) in [4.78, 5) is 22.5. The van der Waals surface area contributed by atoms with E-state index in [4.69, 9.17) is 4.74 Å². The predicted molar refractivity (Wildman–Crippen MR) is 54.1 cm³/mol. The number of Topliss-reactive ketones (excluding diaryl/α,β-unsaturated/α-hetero) is 1. The molecule has 2 rings (SSSR count). The normalized spacial score (nSPS) is 25.0. The van der Waals surface area contributed by atoms with Crippen molar-refractivity contribution in [1.29, 1.82) is 0 Å². The number of carbonyl (C=O) groups is 2. The minimum atomic E-state index is -0.574. The molecule has 1 aliphatic rings. The first-order valence-electron chi connectivity index (χ1n) is 4.94. The van der Waals surface area contributed by atoms with Crippen LogP contribution in [0.1, 0.15) is 25.0 Å². The number of ether oxygens (including phenoxy) is 1. The van der Waals surface area contributed by atoms with E-state index in [0.717, 1.165) is 5.56 Å². The summed E-state index contributed by atoms with van der Waals surface area (Å²) in [5.74, 6) is -1.08. The molecule has 1 aliphatic heterocycles. The highest BCUT2D eigenvalue weighted by molar-refractivity contribution is 5.98. The average molecular weight is 204 g/mol. The zero-order valence-corrected chi connectivity index (χ0v) is 8.47. The smallest absolute Gasteiger partial charge is 0.317 e. The maximum absolute atomic E-state index is 11.4. The molecule has 0 spiro atoms. The molecule has 0 aromatic heterocycles. The third-order valence-corrected chi connectivity index (χ3v) is 2.65. The van der Waals surface area contributed by atoms with Crippen LogP contribution in [0.15, 0.2) is 30.3 Å². The van der Waals surface area contributed by atoms with Crippen LogP contribution in [0, 0.1) is 5.92 Å². The molecule has 0 aliphatic carbocycles. The molecule has 1 fully saturated rings. The Labute approximate surface area is 88.1 Å². The number of cyclic esters (lactones) is 1. The Morgan fingerprint density at radius 2 is 2.00 bits per heavy atom. The van der Waals surface area contributed by atoms with Crippen LogP contribution in [-0.2, 0) is 14.3 Å². The van der Waals surface area contributed by atoms with Gasteiger partial charge >= 0.3 is 5.97 Å². The third kappa shape index (κ3) is 1.91. The quantitative estimate of drug-likeness (QED) is 0.545. The van der Waals surface area contributed by atoms with Gasteiger partial charge < -0.3 is 4.74 Å². The Balaban J connectivity index is 2.16. The standard InChI is InChI=1S/C12H12O3/c1-8(13)10-7-11(15-12(10)14)9-5-3-2-4-6-9/h2-6,10-11H,7H2,1H3/t10-,11+/m1/s1. The van der Waals surface area contributed by atoms with Crippen molar-refractivity contribution in [2.45, 2.75) is 19.4 Å². The van der Waals surface area contributed by atoms with Crippen LogP contribution in [0.25, 0.3) is 0 Å². The molecule has 3 heteroatoms. The fourth-order valence-electron chi connectivity index (χ4n) is 1.78. The van der Waals surface area contributed by atoms with Gasteiger partial charge in [0.25, 0.3) is 0 Å². The SMILES string of the molecule is CC(=O)[C@H]1C[C@@H](c2ccccc2)OC1=O. The molecule has 3 nitrogen and oxygen atoms in total. The Morgan fingerprint density at radius 3 is 2.53 bits per heavy atom. The van der Waals surface area contributed by atoms with Crippen molar-refractivity contribution in [3.05, 3.63) is 35.9 Å². The lowest BCUT2D eigenvalue weighted by Crippen LogP contribution is -2.15. The summed E-state index contributed by atoms with van der Waals surface area (Å²) in [7, 11) is 0. The molecule has 1 heterocycles. The summed E-state index contributed by atoms with van der Waals surface area (Å²) >= 11 is 0. The molecule has 0 bridgehead atoms. The summed E-state index contributed by atoms with van der Waals surface area (Å²) in [6.07, 6.45) is 0.214. The molecule has 0 saturated carbocycles.